The topological polar surface area (TPSA) is 69.1 Å². The highest BCUT2D eigenvalue weighted by molar-refractivity contribution is 5.80. The molecule has 30 heavy (non-hydrogen) atoms. The van der Waals surface area contributed by atoms with Gasteiger partial charge in [-0.3, -0.25) is 9.89 Å². The minimum Gasteiger partial charge on any atom is -0.491 e. The van der Waals surface area contributed by atoms with E-state index in [1.807, 2.05) is 6.92 Å². The average Bonchev–Trinajstić information content (AvgIpc) is 3.47. The van der Waals surface area contributed by atoms with Gasteiger partial charge in [-0.15, -0.1) is 0 Å². The van der Waals surface area contributed by atoms with Gasteiger partial charge in [0.15, 0.2) is 5.96 Å². The van der Waals surface area contributed by atoms with Crippen LogP contribution in [0.3, 0.4) is 0 Å². The lowest BCUT2D eigenvalue weighted by Crippen LogP contribution is -2.45. The molecule has 1 aromatic carbocycles. The Labute approximate surface area is 175 Å². The summed E-state index contributed by atoms with van der Waals surface area (Å²) in [7, 11) is 0. The molecule has 9 heteroatoms. The molecule has 0 amide bonds. The molecule has 1 aliphatic carbocycles. The summed E-state index contributed by atoms with van der Waals surface area (Å²) >= 11 is 0. The van der Waals surface area contributed by atoms with Crippen LogP contribution >= 0.6 is 0 Å². The van der Waals surface area contributed by atoms with E-state index in [0.29, 0.717) is 24.6 Å². The van der Waals surface area contributed by atoms with Crippen molar-refractivity contribution < 1.29 is 23.0 Å². The Morgan fingerprint density at radius 2 is 2.13 bits per heavy atom. The van der Waals surface area contributed by atoms with Crippen LogP contribution in [0, 0.1) is 0 Å². The van der Waals surface area contributed by atoms with Gasteiger partial charge in [-0.2, -0.15) is 13.2 Å². The van der Waals surface area contributed by atoms with Crippen LogP contribution in [-0.2, 0) is 6.18 Å². The molecule has 1 saturated heterocycles. The van der Waals surface area contributed by atoms with E-state index in [0.717, 1.165) is 31.1 Å². The number of nitrogens with zero attached hydrogens (tertiary/aromatic N) is 2. The van der Waals surface area contributed by atoms with E-state index in [1.54, 1.807) is 0 Å². The lowest BCUT2D eigenvalue weighted by Gasteiger charge is -2.20. The van der Waals surface area contributed by atoms with Gasteiger partial charge in [0.05, 0.1) is 12.1 Å². The monoisotopic (exact) mass is 428 g/mol. The maximum atomic E-state index is 12.8. The maximum absolute atomic E-state index is 12.8. The number of hydrogen-bond donors (Lipinski definition) is 3. The third-order valence-electron chi connectivity index (χ3n) is 5.39. The molecular formula is C21H31F3N4O2. The normalized spacial score (nSPS) is 24.0. The summed E-state index contributed by atoms with van der Waals surface area (Å²) in [6.07, 6.45) is -1.75. The van der Waals surface area contributed by atoms with Gasteiger partial charge in [-0.05, 0) is 51.3 Å². The molecular weight excluding hydrogens is 397 g/mol. The molecule has 0 radical (unpaired) electrons. The molecule has 1 aliphatic heterocycles. The minimum atomic E-state index is -4.43. The van der Waals surface area contributed by atoms with E-state index in [1.165, 1.54) is 25.0 Å². The van der Waals surface area contributed by atoms with Crippen molar-refractivity contribution in [1.29, 1.82) is 0 Å². The molecule has 6 nitrogen and oxygen atoms in total. The third kappa shape index (κ3) is 6.50. The van der Waals surface area contributed by atoms with Crippen LogP contribution in [0.2, 0.25) is 0 Å². The molecule has 1 aromatic rings. The summed E-state index contributed by atoms with van der Waals surface area (Å²) in [5.74, 6) is 0.698. The van der Waals surface area contributed by atoms with Crippen LogP contribution in [0.1, 0.15) is 38.7 Å². The Kier molecular flexibility index (Phi) is 7.46. The van der Waals surface area contributed by atoms with E-state index in [4.69, 9.17) is 4.74 Å². The van der Waals surface area contributed by atoms with Crippen molar-refractivity contribution in [3.8, 4) is 5.75 Å². The van der Waals surface area contributed by atoms with Gasteiger partial charge < -0.3 is 20.5 Å². The van der Waals surface area contributed by atoms with Crippen LogP contribution < -0.4 is 15.4 Å². The van der Waals surface area contributed by atoms with Gasteiger partial charge in [-0.1, -0.05) is 6.07 Å². The van der Waals surface area contributed by atoms with Gasteiger partial charge in [0.1, 0.15) is 18.5 Å². The highest BCUT2D eigenvalue weighted by atomic mass is 19.4. The quantitative estimate of drug-likeness (QED) is 0.439. The number of benzene rings is 1. The van der Waals surface area contributed by atoms with Crippen LogP contribution in [-0.4, -0.2) is 66.4 Å². The SMILES string of the molecule is CCNC(=NCC(O)COc1cccc(C(F)(F)F)c1)NC1CC(C)N(C2CC2)C1. The largest absolute Gasteiger partial charge is 0.491 e. The number of guanidine groups is 1. The molecule has 2 aliphatic rings. The number of ether oxygens (including phenoxy) is 1. The van der Waals surface area contributed by atoms with Crippen molar-refractivity contribution in [3.63, 3.8) is 0 Å². The van der Waals surface area contributed by atoms with E-state index in [-0.39, 0.29) is 18.9 Å². The average molecular weight is 428 g/mol. The Hall–Kier alpha value is -2.00. The number of hydrogen-bond acceptors (Lipinski definition) is 4. The fourth-order valence-electron chi connectivity index (χ4n) is 3.79. The minimum absolute atomic E-state index is 0.0676. The van der Waals surface area contributed by atoms with E-state index >= 15 is 0 Å². The summed E-state index contributed by atoms with van der Waals surface area (Å²) in [6.45, 7) is 5.84. The molecule has 3 rings (SSSR count). The number of halogens is 3. The van der Waals surface area contributed by atoms with Crippen molar-refractivity contribution in [2.75, 3.05) is 26.2 Å². The van der Waals surface area contributed by atoms with Crippen LogP contribution in [0.25, 0.3) is 0 Å². The lowest BCUT2D eigenvalue weighted by molar-refractivity contribution is -0.137. The zero-order chi connectivity index (χ0) is 21.7. The highest BCUT2D eigenvalue weighted by Crippen LogP contribution is 2.33. The fraction of sp³-hybridized carbons (Fsp3) is 0.667. The summed E-state index contributed by atoms with van der Waals surface area (Å²) in [4.78, 5) is 6.96. The number of aliphatic imine (C=N–C) groups is 1. The number of aliphatic hydroxyl groups is 1. The summed E-state index contributed by atoms with van der Waals surface area (Å²) in [5.41, 5.74) is -0.780. The van der Waals surface area contributed by atoms with E-state index < -0.39 is 17.8 Å². The second kappa shape index (κ2) is 9.87. The summed E-state index contributed by atoms with van der Waals surface area (Å²) in [5, 5.41) is 16.8. The van der Waals surface area contributed by atoms with Gasteiger partial charge in [0.2, 0.25) is 0 Å². The molecule has 3 unspecified atom stereocenters. The number of likely N-dealkylation sites (tertiary alicyclic amines) is 1. The van der Waals surface area contributed by atoms with Crippen molar-refractivity contribution in [2.24, 2.45) is 4.99 Å². The van der Waals surface area contributed by atoms with Crippen molar-refractivity contribution in [2.45, 2.75) is 63.5 Å². The Balaban J connectivity index is 1.48. The number of nitrogens with one attached hydrogen (secondary N) is 2. The van der Waals surface area contributed by atoms with E-state index in [2.05, 4.69) is 27.4 Å². The molecule has 3 atom stereocenters. The number of rotatable bonds is 8. The van der Waals surface area contributed by atoms with Crippen LogP contribution in [0.4, 0.5) is 13.2 Å². The second-order valence-electron chi connectivity index (χ2n) is 8.06. The number of aliphatic hydroxyl groups excluding tert-OH is 1. The van der Waals surface area contributed by atoms with Gasteiger partial charge in [-0.25, -0.2) is 0 Å². The van der Waals surface area contributed by atoms with Gasteiger partial charge in [0.25, 0.3) is 0 Å². The molecule has 0 bridgehead atoms. The Bertz CT molecular complexity index is 724. The lowest BCUT2D eigenvalue weighted by atomic mass is 10.2. The van der Waals surface area contributed by atoms with Crippen LogP contribution in [0.5, 0.6) is 5.75 Å². The first-order chi connectivity index (χ1) is 14.3. The van der Waals surface area contributed by atoms with Crippen molar-refractivity contribution in [1.82, 2.24) is 15.5 Å². The molecule has 3 N–H and O–H groups in total. The Morgan fingerprint density at radius 1 is 1.37 bits per heavy atom. The Morgan fingerprint density at radius 3 is 2.80 bits per heavy atom. The van der Waals surface area contributed by atoms with E-state index in [9.17, 15) is 18.3 Å². The number of alkyl halides is 3. The predicted molar refractivity (Wildman–Crippen MR) is 110 cm³/mol. The van der Waals surface area contributed by atoms with Crippen molar-refractivity contribution in [3.05, 3.63) is 29.8 Å². The smallest absolute Gasteiger partial charge is 0.416 e. The fourth-order valence-corrected chi connectivity index (χ4v) is 3.79. The second-order valence-corrected chi connectivity index (χ2v) is 8.06. The first-order valence-corrected chi connectivity index (χ1v) is 10.5. The molecule has 0 spiro atoms. The molecule has 2 fully saturated rings. The molecule has 1 saturated carbocycles. The highest BCUT2D eigenvalue weighted by Gasteiger charge is 2.39. The van der Waals surface area contributed by atoms with Crippen molar-refractivity contribution >= 4 is 5.96 Å². The first-order valence-electron chi connectivity index (χ1n) is 10.5. The molecule has 0 aromatic heterocycles. The molecule has 168 valence electrons. The van der Waals surface area contributed by atoms with Gasteiger partial charge >= 0.3 is 6.18 Å². The third-order valence-corrected chi connectivity index (χ3v) is 5.39. The first kappa shape index (κ1) is 22.7. The summed E-state index contributed by atoms with van der Waals surface area (Å²) in [6, 6.07) is 6.19. The predicted octanol–water partition coefficient (Wildman–Crippen LogP) is 2.63. The standard InChI is InChI=1S/C21H31F3N4O2/c1-3-25-20(27-16-9-14(2)28(12-16)17-7-8-17)26-11-18(29)13-30-19-6-4-5-15(10-19)21(22,23)24/h4-6,10,14,16-18,29H,3,7-9,11-13H2,1-2H3,(H2,25,26,27). The summed E-state index contributed by atoms with van der Waals surface area (Å²) < 4.78 is 43.6. The maximum Gasteiger partial charge on any atom is 0.416 e. The zero-order valence-electron chi connectivity index (χ0n) is 17.5. The van der Waals surface area contributed by atoms with Gasteiger partial charge in [0, 0.05) is 31.2 Å². The molecule has 1 heterocycles. The van der Waals surface area contributed by atoms with Crippen LogP contribution in [0.15, 0.2) is 29.3 Å². The zero-order valence-corrected chi connectivity index (χ0v) is 17.5.